The second kappa shape index (κ2) is 8.15. The Balaban J connectivity index is 1.34. The lowest BCUT2D eigenvalue weighted by atomic mass is 9.75. The molecular formula is C25H24ClNO3S2. The van der Waals surface area contributed by atoms with E-state index in [2.05, 4.69) is 17.1 Å². The highest BCUT2D eigenvalue weighted by Crippen LogP contribution is 2.63. The normalized spacial score (nSPS) is 27.8. The van der Waals surface area contributed by atoms with E-state index in [1.54, 1.807) is 7.11 Å². The Bertz CT molecular complexity index is 1220. The zero-order chi connectivity index (χ0) is 21.8. The van der Waals surface area contributed by atoms with Crippen molar-refractivity contribution in [3.63, 3.8) is 0 Å². The van der Waals surface area contributed by atoms with Crippen LogP contribution in [-0.4, -0.2) is 17.3 Å². The summed E-state index contributed by atoms with van der Waals surface area (Å²) in [7, 11) is 1.68. The number of H-pyrrole nitrogens is 1. The molecule has 2 aromatic carbocycles. The van der Waals surface area contributed by atoms with Crippen molar-refractivity contribution in [1.82, 2.24) is 4.98 Å². The molecule has 0 saturated heterocycles. The largest absolute Gasteiger partial charge is 0.493 e. The highest BCUT2D eigenvalue weighted by molar-refractivity contribution is 8.00. The molecule has 0 unspecified atom stereocenters. The minimum atomic E-state index is 0.0493. The summed E-state index contributed by atoms with van der Waals surface area (Å²) in [5.41, 5.74) is 2.23. The third-order valence-electron chi connectivity index (χ3n) is 7.30. The Kier molecular flexibility index (Phi) is 5.27. The van der Waals surface area contributed by atoms with Crippen LogP contribution in [-0.2, 0) is 6.61 Å². The molecule has 1 aromatic heterocycles. The average Bonchev–Trinajstić information content (AvgIpc) is 3.50. The molecular weight excluding hydrogens is 462 g/mol. The number of hydrogen-bond donors (Lipinski definition) is 1. The molecule has 1 N–H and O–H groups in total. The van der Waals surface area contributed by atoms with E-state index in [1.165, 1.54) is 41.0 Å². The zero-order valence-electron chi connectivity index (χ0n) is 17.7. The summed E-state index contributed by atoms with van der Waals surface area (Å²) < 4.78 is 11.8. The quantitative estimate of drug-likeness (QED) is 0.458. The molecule has 3 aliphatic rings. The van der Waals surface area contributed by atoms with E-state index in [-0.39, 0.29) is 10.8 Å². The summed E-state index contributed by atoms with van der Waals surface area (Å²) in [4.78, 5) is 16.6. The number of methoxy groups -OCH3 is 1. The smallest absolute Gasteiger partial charge is 0.305 e. The van der Waals surface area contributed by atoms with Gasteiger partial charge in [-0.15, -0.1) is 11.8 Å². The van der Waals surface area contributed by atoms with Gasteiger partial charge in [0.25, 0.3) is 0 Å². The summed E-state index contributed by atoms with van der Waals surface area (Å²) in [6.07, 6.45) is 3.97. The molecule has 32 heavy (non-hydrogen) atoms. The summed E-state index contributed by atoms with van der Waals surface area (Å²) in [6, 6.07) is 14.0. The highest BCUT2D eigenvalue weighted by Gasteiger charge is 2.54. The van der Waals surface area contributed by atoms with Crippen molar-refractivity contribution < 1.29 is 9.47 Å². The fourth-order valence-corrected chi connectivity index (χ4v) is 9.11. The van der Waals surface area contributed by atoms with Gasteiger partial charge in [0.15, 0.2) is 11.5 Å². The minimum absolute atomic E-state index is 0.0493. The predicted octanol–water partition coefficient (Wildman–Crippen LogP) is 6.33. The zero-order valence-corrected chi connectivity index (χ0v) is 20.1. The Labute approximate surface area is 200 Å². The van der Waals surface area contributed by atoms with E-state index in [1.807, 2.05) is 42.1 Å². The first-order chi connectivity index (χ1) is 15.6. The van der Waals surface area contributed by atoms with Crippen LogP contribution in [0.4, 0.5) is 0 Å². The van der Waals surface area contributed by atoms with Crippen LogP contribution in [0.3, 0.4) is 0 Å². The molecule has 0 spiro atoms. The molecule has 1 aliphatic heterocycles. The monoisotopic (exact) mass is 485 g/mol. The molecule has 7 heteroatoms. The first-order valence-corrected chi connectivity index (χ1v) is 13.1. The Hall–Kier alpha value is -1.89. The number of ether oxygens (including phenoxy) is 2. The van der Waals surface area contributed by atoms with Crippen molar-refractivity contribution in [3.05, 3.63) is 73.2 Å². The number of hydrogen-bond acceptors (Lipinski definition) is 5. The maximum absolute atomic E-state index is 12.2. The van der Waals surface area contributed by atoms with Crippen LogP contribution in [0.5, 0.6) is 11.5 Å². The number of fused-ring (bicyclic) bond motifs is 6. The second-order valence-electron chi connectivity index (χ2n) is 9.01. The van der Waals surface area contributed by atoms with E-state index < -0.39 is 0 Å². The molecule has 6 rings (SSSR count). The summed E-state index contributed by atoms with van der Waals surface area (Å²) in [6.45, 7) is 0.425. The molecule has 5 atom stereocenters. The van der Waals surface area contributed by atoms with Gasteiger partial charge in [0, 0.05) is 21.1 Å². The second-order valence-corrected chi connectivity index (χ2v) is 11.6. The predicted molar refractivity (Wildman–Crippen MR) is 130 cm³/mol. The topological polar surface area (TPSA) is 51.3 Å². The summed E-state index contributed by atoms with van der Waals surface area (Å²) >= 11 is 9.40. The molecule has 4 nitrogen and oxygen atoms in total. The molecule has 166 valence electrons. The Morgan fingerprint density at radius 1 is 1.12 bits per heavy atom. The van der Waals surface area contributed by atoms with Crippen LogP contribution in [0.25, 0.3) is 0 Å². The summed E-state index contributed by atoms with van der Waals surface area (Å²) in [5.74, 6) is 3.79. The molecule has 2 fully saturated rings. The van der Waals surface area contributed by atoms with Gasteiger partial charge in [-0.25, -0.2) is 0 Å². The van der Waals surface area contributed by atoms with Gasteiger partial charge in [-0.05, 0) is 72.4 Å². The van der Waals surface area contributed by atoms with Crippen LogP contribution in [0.1, 0.15) is 41.2 Å². The van der Waals surface area contributed by atoms with E-state index in [0.717, 1.165) is 28.2 Å². The maximum Gasteiger partial charge on any atom is 0.305 e. The van der Waals surface area contributed by atoms with Crippen LogP contribution in [0.2, 0.25) is 5.02 Å². The van der Waals surface area contributed by atoms with E-state index in [4.69, 9.17) is 21.1 Å². The van der Waals surface area contributed by atoms with Crippen LogP contribution in [0.15, 0.2) is 52.3 Å². The van der Waals surface area contributed by atoms with Crippen molar-refractivity contribution in [2.75, 3.05) is 7.11 Å². The first-order valence-electron chi connectivity index (χ1n) is 11.1. The SMILES string of the molecule is COc1cc([C@@H]2c3sc(=O)[nH]c3S[C@@H]3[C@@H]4CC[C@H](C4)[C@H]23)ccc1OCc1cccc(Cl)c1. The van der Waals surface area contributed by atoms with E-state index in [0.29, 0.717) is 28.5 Å². The number of thioether (sulfide) groups is 1. The van der Waals surface area contributed by atoms with Gasteiger partial charge in [0.05, 0.1) is 12.1 Å². The lowest BCUT2D eigenvalue weighted by Gasteiger charge is -2.40. The van der Waals surface area contributed by atoms with Crippen molar-refractivity contribution >= 4 is 34.7 Å². The van der Waals surface area contributed by atoms with Gasteiger partial charge in [-0.2, -0.15) is 0 Å². The molecule has 2 bridgehead atoms. The molecule has 2 heterocycles. The van der Waals surface area contributed by atoms with Gasteiger partial charge in [0.2, 0.25) is 0 Å². The van der Waals surface area contributed by atoms with Crippen molar-refractivity contribution in [1.29, 1.82) is 0 Å². The number of nitrogens with one attached hydrogen (secondary N) is 1. The number of aromatic nitrogens is 1. The van der Waals surface area contributed by atoms with Crippen LogP contribution in [0, 0.1) is 17.8 Å². The van der Waals surface area contributed by atoms with Gasteiger partial charge >= 0.3 is 4.87 Å². The Morgan fingerprint density at radius 2 is 2.00 bits per heavy atom. The summed E-state index contributed by atoms with van der Waals surface area (Å²) in [5, 5.41) is 2.38. The average molecular weight is 486 g/mol. The van der Waals surface area contributed by atoms with E-state index >= 15 is 0 Å². The molecule has 0 radical (unpaired) electrons. The van der Waals surface area contributed by atoms with Crippen LogP contribution >= 0.6 is 34.7 Å². The third kappa shape index (κ3) is 3.47. The number of thiazole rings is 1. The molecule has 3 aromatic rings. The van der Waals surface area contributed by atoms with Crippen molar-refractivity contribution in [2.24, 2.45) is 17.8 Å². The standard InChI is InChI=1S/C25H24ClNO3S2/c1-29-19-11-15(7-8-18(19)30-12-13-3-2-4-17(26)9-13)21-20-14-5-6-16(10-14)22(20)31-24-23(21)32-25(28)27-24/h2-4,7-9,11,14,16,20-22H,5-6,10,12H2,1H3,(H,27,28)/t14-,16-,20-,21+,22-/m1/s1. The van der Waals surface area contributed by atoms with Crippen molar-refractivity contribution in [2.45, 2.75) is 42.1 Å². The number of benzene rings is 2. The minimum Gasteiger partial charge on any atom is -0.493 e. The lowest BCUT2D eigenvalue weighted by Crippen LogP contribution is -2.33. The van der Waals surface area contributed by atoms with Gasteiger partial charge in [-0.1, -0.05) is 41.1 Å². The third-order valence-corrected chi connectivity index (χ3v) is 10.2. The van der Waals surface area contributed by atoms with E-state index in [9.17, 15) is 4.79 Å². The first kappa shape index (κ1) is 20.7. The molecule has 2 aliphatic carbocycles. The highest BCUT2D eigenvalue weighted by atomic mass is 35.5. The van der Waals surface area contributed by atoms with Gasteiger partial charge in [-0.3, -0.25) is 4.79 Å². The number of aromatic amines is 1. The number of rotatable bonds is 5. The molecule has 2 saturated carbocycles. The van der Waals surface area contributed by atoms with Gasteiger partial charge < -0.3 is 14.5 Å². The lowest BCUT2D eigenvalue weighted by molar-refractivity contribution is 0.282. The number of halogens is 1. The maximum atomic E-state index is 12.2. The fraction of sp³-hybridized carbons (Fsp3) is 0.400. The fourth-order valence-electron chi connectivity index (χ4n) is 6.01. The molecule has 0 amide bonds. The Morgan fingerprint density at radius 3 is 2.84 bits per heavy atom. The van der Waals surface area contributed by atoms with Gasteiger partial charge in [0.1, 0.15) is 6.61 Å². The van der Waals surface area contributed by atoms with Crippen molar-refractivity contribution in [3.8, 4) is 11.5 Å². The van der Waals surface area contributed by atoms with Crippen LogP contribution < -0.4 is 14.3 Å².